The highest BCUT2D eigenvalue weighted by Gasteiger charge is 2.47. The molecule has 1 fully saturated rings. The van der Waals surface area contributed by atoms with E-state index in [0.717, 1.165) is 30.5 Å². The van der Waals surface area contributed by atoms with E-state index in [1.807, 2.05) is 26.0 Å². The lowest BCUT2D eigenvalue weighted by Gasteiger charge is -2.38. The van der Waals surface area contributed by atoms with Crippen LogP contribution in [0.4, 0.5) is 5.82 Å². The van der Waals surface area contributed by atoms with Crippen LogP contribution in [0, 0.1) is 19.3 Å². The molecule has 0 spiro atoms. The minimum Gasteiger partial charge on any atom is -0.392 e. The summed E-state index contributed by atoms with van der Waals surface area (Å²) in [5.74, 6) is 0.443. The number of hydrogen-bond donors (Lipinski definition) is 2. The molecule has 1 aromatic rings. The Bertz CT molecular complexity index is 489. The average Bonchev–Trinajstić information content (AvgIpc) is 2.11. The molecule has 5 heteroatoms. The fourth-order valence-corrected chi connectivity index (χ4v) is 2.55. The van der Waals surface area contributed by atoms with Gasteiger partial charge in [-0.2, -0.15) is 0 Å². The Labute approximate surface area is 112 Å². The maximum absolute atomic E-state index is 12.3. The summed E-state index contributed by atoms with van der Waals surface area (Å²) in [6.07, 6.45) is 2.46. The molecule has 0 bridgehead atoms. The highest BCUT2D eigenvalue weighted by Crippen LogP contribution is 2.42. The van der Waals surface area contributed by atoms with Gasteiger partial charge in [-0.05, 0) is 44.4 Å². The Morgan fingerprint density at radius 2 is 2.11 bits per heavy atom. The second-order valence-electron chi connectivity index (χ2n) is 4.93. The number of aromatic nitrogens is 1. The van der Waals surface area contributed by atoms with Crippen molar-refractivity contribution < 1.29 is 4.79 Å². The molecule has 0 saturated heterocycles. The molecule has 96 valence electrons. The number of pyridine rings is 1. The van der Waals surface area contributed by atoms with Crippen molar-refractivity contribution in [3.05, 3.63) is 23.4 Å². The van der Waals surface area contributed by atoms with E-state index in [4.69, 9.17) is 18.0 Å². The standard InChI is InChI=1S/C13H17N3OS/c1-8-6-9(2)15-10(7-8)16-12(17)13(11(14)18)4-3-5-13/h6-7H,3-5H2,1-2H3,(H2,14,18)(H,15,16,17). The third-order valence-electron chi connectivity index (χ3n) is 3.45. The predicted octanol–water partition coefficient (Wildman–Crippen LogP) is 2.09. The van der Waals surface area contributed by atoms with Gasteiger partial charge < -0.3 is 11.1 Å². The quantitative estimate of drug-likeness (QED) is 0.819. The van der Waals surface area contributed by atoms with Crippen molar-refractivity contribution in [3.8, 4) is 0 Å². The molecule has 1 aromatic heterocycles. The van der Waals surface area contributed by atoms with Crippen molar-refractivity contribution in [3.63, 3.8) is 0 Å². The molecule has 0 radical (unpaired) electrons. The van der Waals surface area contributed by atoms with Crippen molar-refractivity contribution in [2.45, 2.75) is 33.1 Å². The molecular weight excluding hydrogens is 246 g/mol. The van der Waals surface area contributed by atoms with Gasteiger partial charge in [0.2, 0.25) is 5.91 Å². The Morgan fingerprint density at radius 1 is 1.44 bits per heavy atom. The van der Waals surface area contributed by atoms with Crippen LogP contribution >= 0.6 is 12.2 Å². The summed E-state index contributed by atoms with van der Waals surface area (Å²) in [5, 5.41) is 2.83. The van der Waals surface area contributed by atoms with Gasteiger partial charge >= 0.3 is 0 Å². The first-order valence-corrected chi connectivity index (χ1v) is 6.41. The summed E-state index contributed by atoms with van der Waals surface area (Å²) in [6.45, 7) is 3.87. The number of nitrogens with two attached hydrogens (primary N) is 1. The fourth-order valence-electron chi connectivity index (χ4n) is 2.26. The van der Waals surface area contributed by atoms with Crippen LogP contribution in [0.25, 0.3) is 0 Å². The molecule has 1 aliphatic carbocycles. The van der Waals surface area contributed by atoms with Crippen LogP contribution in [0.3, 0.4) is 0 Å². The van der Waals surface area contributed by atoms with E-state index >= 15 is 0 Å². The van der Waals surface area contributed by atoms with Crippen molar-refractivity contribution in [1.82, 2.24) is 4.98 Å². The van der Waals surface area contributed by atoms with Crippen molar-refractivity contribution in [2.24, 2.45) is 11.1 Å². The van der Waals surface area contributed by atoms with Crippen LogP contribution in [0.5, 0.6) is 0 Å². The van der Waals surface area contributed by atoms with Gasteiger partial charge in [0, 0.05) is 5.69 Å². The van der Waals surface area contributed by atoms with E-state index in [2.05, 4.69) is 10.3 Å². The largest absolute Gasteiger partial charge is 0.392 e. The second kappa shape index (κ2) is 4.65. The minimum atomic E-state index is -0.658. The molecular formula is C13H17N3OS. The van der Waals surface area contributed by atoms with Gasteiger partial charge in [-0.3, -0.25) is 4.79 Å². The number of carbonyl (C=O) groups excluding carboxylic acids is 1. The molecule has 4 nitrogen and oxygen atoms in total. The molecule has 18 heavy (non-hydrogen) atoms. The molecule has 0 aromatic carbocycles. The minimum absolute atomic E-state index is 0.126. The molecule has 2 rings (SSSR count). The number of thiocarbonyl (C=S) groups is 1. The van der Waals surface area contributed by atoms with Gasteiger partial charge in [0.15, 0.2) is 0 Å². The molecule has 0 unspecified atom stereocenters. The van der Waals surface area contributed by atoms with E-state index in [-0.39, 0.29) is 10.9 Å². The smallest absolute Gasteiger partial charge is 0.238 e. The zero-order valence-electron chi connectivity index (χ0n) is 10.6. The maximum Gasteiger partial charge on any atom is 0.238 e. The van der Waals surface area contributed by atoms with E-state index in [9.17, 15) is 4.79 Å². The predicted molar refractivity (Wildman–Crippen MR) is 75.4 cm³/mol. The third kappa shape index (κ3) is 2.22. The summed E-state index contributed by atoms with van der Waals surface area (Å²) in [5.41, 5.74) is 6.98. The van der Waals surface area contributed by atoms with E-state index in [1.165, 1.54) is 0 Å². The molecule has 0 aliphatic heterocycles. The van der Waals surface area contributed by atoms with Crippen molar-refractivity contribution in [1.29, 1.82) is 0 Å². The topological polar surface area (TPSA) is 68.0 Å². The Kier molecular flexibility index (Phi) is 3.34. The van der Waals surface area contributed by atoms with E-state index in [0.29, 0.717) is 5.82 Å². The highest BCUT2D eigenvalue weighted by molar-refractivity contribution is 7.80. The summed E-state index contributed by atoms with van der Waals surface area (Å²) >= 11 is 5.02. The van der Waals surface area contributed by atoms with Gasteiger partial charge in [0.1, 0.15) is 5.82 Å². The Balaban J connectivity index is 2.18. The first-order chi connectivity index (χ1) is 8.44. The van der Waals surface area contributed by atoms with Crippen molar-refractivity contribution >= 4 is 28.9 Å². The van der Waals surface area contributed by atoms with Gasteiger partial charge in [-0.15, -0.1) is 0 Å². The van der Waals surface area contributed by atoms with Crippen molar-refractivity contribution in [2.75, 3.05) is 5.32 Å². The fraction of sp³-hybridized carbons (Fsp3) is 0.462. The van der Waals surface area contributed by atoms with E-state index < -0.39 is 5.41 Å². The number of hydrogen-bond acceptors (Lipinski definition) is 3. The number of anilines is 1. The lowest BCUT2D eigenvalue weighted by atomic mass is 9.68. The molecule has 1 heterocycles. The molecule has 0 atom stereocenters. The van der Waals surface area contributed by atoms with Gasteiger partial charge in [-0.25, -0.2) is 4.98 Å². The average molecular weight is 263 g/mol. The normalized spacial score (nSPS) is 16.8. The first kappa shape index (κ1) is 13.0. The summed E-state index contributed by atoms with van der Waals surface area (Å²) in [6, 6.07) is 3.80. The third-order valence-corrected chi connectivity index (χ3v) is 3.84. The Hall–Kier alpha value is -1.49. The van der Waals surface area contributed by atoms with Gasteiger partial charge in [0.25, 0.3) is 0 Å². The molecule has 1 amide bonds. The van der Waals surface area contributed by atoms with Crippen LogP contribution in [0.1, 0.15) is 30.5 Å². The Morgan fingerprint density at radius 3 is 2.56 bits per heavy atom. The summed E-state index contributed by atoms with van der Waals surface area (Å²) in [7, 11) is 0. The molecule has 1 aliphatic rings. The second-order valence-corrected chi connectivity index (χ2v) is 5.36. The number of aryl methyl sites for hydroxylation is 2. The number of rotatable bonds is 3. The SMILES string of the molecule is Cc1cc(C)nc(NC(=O)C2(C(N)=S)CCC2)c1. The maximum atomic E-state index is 12.3. The van der Waals surface area contributed by atoms with Crippen LogP contribution in [-0.2, 0) is 4.79 Å². The van der Waals surface area contributed by atoms with Gasteiger partial charge in [-0.1, -0.05) is 18.6 Å². The van der Waals surface area contributed by atoms with E-state index in [1.54, 1.807) is 0 Å². The number of nitrogens with one attached hydrogen (secondary N) is 1. The monoisotopic (exact) mass is 263 g/mol. The lowest BCUT2D eigenvalue weighted by Crippen LogP contribution is -2.50. The van der Waals surface area contributed by atoms with Crippen LogP contribution < -0.4 is 11.1 Å². The van der Waals surface area contributed by atoms with Crippen LogP contribution in [0.15, 0.2) is 12.1 Å². The van der Waals surface area contributed by atoms with Gasteiger partial charge in [0.05, 0.1) is 10.4 Å². The van der Waals surface area contributed by atoms with Crippen LogP contribution in [-0.4, -0.2) is 15.9 Å². The summed E-state index contributed by atoms with van der Waals surface area (Å²) < 4.78 is 0. The zero-order chi connectivity index (χ0) is 13.3. The highest BCUT2D eigenvalue weighted by atomic mass is 32.1. The number of nitrogens with zero attached hydrogens (tertiary/aromatic N) is 1. The molecule has 3 N–H and O–H groups in total. The zero-order valence-corrected chi connectivity index (χ0v) is 11.4. The number of carbonyl (C=O) groups is 1. The lowest BCUT2D eigenvalue weighted by molar-refractivity contribution is -0.125. The molecule has 1 saturated carbocycles. The summed E-state index contributed by atoms with van der Waals surface area (Å²) in [4.78, 5) is 16.8. The first-order valence-electron chi connectivity index (χ1n) is 6.01. The number of amides is 1. The van der Waals surface area contributed by atoms with Crippen LogP contribution in [0.2, 0.25) is 0 Å².